The first-order valence-electron chi connectivity index (χ1n) is 18.6. The van der Waals surface area contributed by atoms with E-state index in [-0.39, 0.29) is 49.1 Å². The van der Waals surface area contributed by atoms with E-state index in [1.807, 2.05) is 19.2 Å². The van der Waals surface area contributed by atoms with E-state index in [4.69, 9.17) is 19.5 Å². The summed E-state index contributed by atoms with van der Waals surface area (Å²) in [6.45, 7) is 9.81. The van der Waals surface area contributed by atoms with Crippen LogP contribution in [0.5, 0.6) is 0 Å². The zero-order valence-corrected chi connectivity index (χ0v) is 31.9. The van der Waals surface area contributed by atoms with Crippen molar-refractivity contribution in [2.45, 2.75) is 103 Å². The highest BCUT2D eigenvalue weighted by atomic mass is 32.2. The van der Waals surface area contributed by atoms with Crippen LogP contribution in [0, 0.1) is 5.41 Å². The second kappa shape index (κ2) is 14.8. The Morgan fingerprint density at radius 1 is 1.23 bits per heavy atom. The standard InChI is InChI=1S/C39H51N7O5S/c1-7-45-32-15-12-24-18-27(32)28(35(45)26-10-8-16-40-34(26)23(2)50-6)20-39(3,4)22-51-37(48)29-11-9-17-46(43-29)36(47)30(19-33-41-31(24)21-52-33)42-38(49)44(5)25-13-14-25/h8,10,12,15-16,18,23,25,29-31,43H,7,9,11,13-14,17,19-22H2,1-6H3,(H,42,49)/t23-,29-,30-,31?/m0/s1. The van der Waals surface area contributed by atoms with Crippen LogP contribution in [-0.2, 0) is 32.0 Å². The number of hydrazine groups is 1. The van der Waals surface area contributed by atoms with Crippen molar-refractivity contribution in [1.29, 1.82) is 0 Å². The molecule has 2 N–H and O–H groups in total. The molecule has 52 heavy (non-hydrogen) atoms. The van der Waals surface area contributed by atoms with E-state index in [1.54, 1.807) is 30.8 Å². The van der Waals surface area contributed by atoms with E-state index in [0.29, 0.717) is 25.8 Å². The van der Waals surface area contributed by atoms with Gasteiger partial charge >= 0.3 is 12.0 Å². The second-order valence-corrected chi connectivity index (χ2v) is 16.4. The van der Waals surface area contributed by atoms with Gasteiger partial charge in [0.25, 0.3) is 5.91 Å². The quantitative estimate of drug-likeness (QED) is 0.305. The van der Waals surface area contributed by atoms with Gasteiger partial charge in [-0.2, -0.15) is 0 Å². The number of aromatic nitrogens is 2. The van der Waals surface area contributed by atoms with Gasteiger partial charge in [0.2, 0.25) is 0 Å². The van der Waals surface area contributed by atoms with Crippen LogP contribution in [0.15, 0.2) is 41.5 Å². The van der Waals surface area contributed by atoms with Gasteiger partial charge in [0, 0.05) is 73.5 Å². The average molecular weight is 730 g/mol. The van der Waals surface area contributed by atoms with Crippen LogP contribution >= 0.6 is 11.8 Å². The van der Waals surface area contributed by atoms with Gasteiger partial charge in [-0.1, -0.05) is 19.9 Å². The number of nitrogens with zero attached hydrogens (tertiary/aromatic N) is 5. The lowest BCUT2D eigenvalue weighted by Crippen LogP contribution is -2.61. The van der Waals surface area contributed by atoms with Crippen LogP contribution < -0.4 is 10.7 Å². The first kappa shape index (κ1) is 36.4. The first-order chi connectivity index (χ1) is 25.0. The molecule has 1 saturated heterocycles. The molecule has 1 aliphatic carbocycles. The molecule has 2 aromatic heterocycles. The summed E-state index contributed by atoms with van der Waals surface area (Å²) in [7, 11) is 3.48. The average Bonchev–Trinajstić information content (AvgIpc) is 3.83. The number of ether oxygens (including phenoxy) is 2. The molecule has 1 aromatic carbocycles. The smallest absolute Gasteiger partial charge is 0.324 e. The lowest BCUT2D eigenvalue weighted by atomic mass is 9.84. The molecule has 12 nitrogen and oxygen atoms in total. The summed E-state index contributed by atoms with van der Waals surface area (Å²) in [5.74, 6) is 0.0752. The van der Waals surface area contributed by atoms with E-state index in [0.717, 1.165) is 63.6 Å². The number of hydrogen-bond donors (Lipinski definition) is 2. The molecule has 3 aliphatic heterocycles. The summed E-state index contributed by atoms with van der Waals surface area (Å²) in [6, 6.07) is 9.05. The van der Waals surface area contributed by atoms with E-state index in [1.165, 1.54) is 10.6 Å². The van der Waals surface area contributed by atoms with Gasteiger partial charge in [-0.15, -0.1) is 11.8 Å². The molecule has 0 spiro atoms. The highest BCUT2D eigenvalue weighted by Gasteiger charge is 2.38. The van der Waals surface area contributed by atoms with Crippen LogP contribution in [0.3, 0.4) is 0 Å². The van der Waals surface area contributed by atoms with E-state index < -0.39 is 17.5 Å². The molecule has 4 aliphatic rings. The molecule has 2 fully saturated rings. The number of pyridine rings is 1. The first-order valence-corrected chi connectivity index (χ1v) is 19.6. The third-order valence-electron chi connectivity index (χ3n) is 10.8. The molecular weight excluding hydrogens is 679 g/mol. The highest BCUT2D eigenvalue weighted by molar-refractivity contribution is 8.14. The Balaban J connectivity index is 1.33. The molecular formula is C39H51N7O5S. The molecule has 4 atom stereocenters. The third-order valence-corrected chi connectivity index (χ3v) is 11.9. The van der Waals surface area contributed by atoms with Crippen molar-refractivity contribution in [3.8, 4) is 11.3 Å². The molecule has 278 valence electrons. The van der Waals surface area contributed by atoms with Crippen molar-refractivity contribution in [3.05, 3.63) is 53.3 Å². The summed E-state index contributed by atoms with van der Waals surface area (Å²) in [5.41, 5.74) is 9.10. The summed E-state index contributed by atoms with van der Waals surface area (Å²) in [4.78, 5) is 52.6. The van der Waals surface area contributed by atoms with E-state index in [9.17, 15) is 14.4 Å². The minimum atomic E-state index is -0.836. The summed E-state index contributed by atoms with van der Waals surface area (Å²) in [6.07, 6.45) is 5.63. The van der Waals surface area contributed by atoms with Crippen molar-refractivity contribution in [1.82, 2.24) is 30.2 Å². The maximum absolute atomic E-state index is 14.1. The van der Waals surface area contributed by atoms with Gasteiger partial charge < -0.3 is 24.3 Å². The number of fused-ring (bicyclic) bond motifs is 5. The van der Waals surface area contributed by atoms with Crippen LogP contribution in [0.4, 0.5) is 4.79 Å². The van der Waals surface area contributed by atoms with Crippen LogP contribution in [0.25, 0.3) is 22.2 Å². The fourth-order valence-corrected chi connectivity index (χ4v) is 8.78. The number of nitrogens with one attached hydrogen (secondary N) is 2. The SMILES string of the molecule is CCn1c(-c2cccnc2[C@H](C)OC)c2c3cc(ccc31)C1CSC(=N1)C[C@H](NC(=O)N(C)C1CC1)C(=O)N1CCC[C@H](N1)C(=O)OCC(C)(C)C2. The molecule has 5 heterocycles. The van der Waals surface area contributed by atoms with Crippen molar-refractivity contribution in [2.75, 3.05) is 33.1 Å². The number of aliphatic imine (C=N–C) groups is 1. The number of carbonyl (C=O) groups is 3. The van der Waals surface area contributed by atoms with Gasteiger partial charge in [0.05, 0.1) is 35.2 Å². The molecule has 3 amide bonds. The monoisotopic (exact) mass is 729 g/mol. The molecule has 6 bridgehead atoms. The van der Waals surface area contributed by atoms with Gasteiger partial charge in [0.1, 0.15) is 12.1 Å². The van der Waals surface area contributed by atoms with Crippen LogP contribution in [-0.4, -0.2) is 93.6 Å². The number of cyclic esters (lactones) is 1. The Morgan fingerprint density at radius 2 is 2.04 bits per heavy atom. The number of rotatable bonds is 6. The molecule has 3 aromatic rings. The minimum Gasteiger partial charge on any atom is -0.464 e. The molecule has 0 radical (unpaired) electrons. The van der Waals surface area contributed by atoms with Crippen molar-refractivity contribution < 1.29 is 23.9 Å². The lowest BCUT2D eigenvalue weighted by Gasteiger charge is -2.36. The van der Waals surface area contributed by atoms with Gasteiger partial charge in [0.15, 0.2) is 0 Å². The maximum atomic E-state index is 14.1. The Kier molecular flexibility index (Phi) is 10.4. The Morgan fingerprint density at radius 3 is 2.79 bits per heavy atom. The molecule has 1 saturated carbocycles. The number of aryl methyl sites for hydroxylation is 1. The topological polar surface area (TPSA) is 130 Å². The Labute approximate surface area is 310 Å². The van der Waals surface area contributed by atoms with Gasteiger partial charge in [-0.25, -0.2) is 10.2 Å². The fourth-order valence-electron chi connectivity index (χ4n) is 7.68. The number of amides is 3. The number of thioether (sulfide) groups is 1. The molecule has 7 rings (SSSR count). The number of carbonyl (C=O) groups excluding carboxylic acids is 3. The summed E-state index contributed by atoms with van der Waals surface area (Å²) in [5, 5.41) is 6.47. The number of methoxy groups -OCH3 is 1. The lowest BCUT2D eigenvalue weighted by molar-refractivity contribution is -0.155. The normalized spacial score (nSPS) is 24.2. The van der Waals surface area contributed by atoms with Gasteiger partial charge in [-0.05, 0) is 81.3 Å². The molecule has 13 heteroatoms. The van der Waals surface area contributed by atoms with Crippen LogP contribution in [0.1, 0.15) is 88.8 Å². The predicted molar refractivity (Wildman–Crippen MR) is 203 cm³/mol. The zero-order valence-electron chi connectivity index (χ0n) is 31.1. The minimum absolute atomic E-state index is 0.0981. The third kappa shape index (κ3) is 7.32. The second-order valence-electron chi connectivity index (χ2n) is 15.3. The van der Waals surface area contributed by atoms with Crippen molar-refractivity contribution >= 4 is 45.6 Å². The number of hydrogen-bond acceptors (Lipinski definition) is 9. The van der Waals surface area contributed by atoms with Crippen molar-refractivity contribution in [3.63, 3.8) is 0 Å². The summed E-state index contributed by atoms with van der Waals surface area (Å²) >= 11 is 1.64. The maximum Gasteiger partial charge on any atom is 0.324 e. The number of esters is 1. The largest absolute Gasteiger partial charge is 0.464 e. The predicted octanol–water partition coefficient (Wildman–Crippen LogP) is 5.80. The Bertz CT molecular complexity index is 1890. The summed E-state index contributed by atoms with van der Waals surface area (Å²) < 4.78 is 14.2. The fraction of sp³-hybridized carbons (Fsp3) is 0.564. The highest BCUT2D eigenvalue weighted by Crippen LogP contribution is 2.42. The number of urea groups is 1. The molecule has 1 unspecified atom stereocenters. The van der Waals surface area contributed by atoms with E-state index in [2.05, 4.69) is 60.3 Å². The van der Waals surface area contributed by atoms with Gasteiger partial charge in [-0.3, -0.25) is 24.6 Å². The zero-order chi connectivity index (χ0) is 36.7. The number of benzene rings is 1. The van der Waals surface area contributed by atoms with E-state index >= 15 is 0 Å². The van der Waals surface area contributed by atoms with Crippen molar-refractivity contribution in [2.24, 2.45) is 10.4 Å². The Hall–Kier alpha value is -3.94. The van der Waals surface area contributed by atoms with Crippen LogP contribution in [0.2, 0.25) is 0 Å².